The van der Waals surface area contributed by atoms with E-state index in [4.69, 9.17) is 1.37 Å². The maximum Gasteiger partial charge on any atom is 0.326 e. The number of hydrogen-bond acceptors (Lipinski definition) is 2. The fourth-order valence-corrected chi connectivity index (χ4v) is 3.03. The van der Waals surface area contributed by atoms with Gasteiger partial charge in [0.05, 0.1) is 1.37 Å². The fraction of sp³-hybridized carbons (Fsp3) is 0.100. The van der Waals surface area contributed by atoms with Gasteiger partial charge in [0.15, 0.2) is 0 Å². The maximum absolute atomic E-state index is 14.2. The minimum Gasteiger partial charge on any atom is -0.307 e. The van der Waals surface area contributed by atoms with Crippen molar-refractivity contribution >= 4 is 17.4 Å². The summed E-state index contributed by atoms with van der Waals surface area (Å²) in [5.41, 5.74) is 3.36. The number of benzene rings is 2. The summed E-state index contributed by atoms with van der Waals surface area (Å²) >= 11 is 0. The molecule has 124 valence electrons. The van der Waals surface area contributed by atoms with E-state index < -0.39 is 5.82 Å². The summed E-state index contributed by atoms with van der Waals surface area (Å²) in [6.07, 6.45) is 4.02. The first kappa shape index (κ1) is 14.2. The van der Waals surface area contributed by atoms with E-state index in [1.807, 2.05) is 24.3 Å². The molecule has 1 N–H and O–H groups in total. The summed E-state index contributed by atoms with van der Waals surface area (Å²) in [4.78, 5) is 18.3. The van der Waals surface area contributed by atoms with Gasteiger partial charge in [0.1, 0.15) is 5.82 Å². The molecular formula is C20H16FN3O. The fourth-order valence-electron chi connectivity index (χ4n) is 3.03. The van der Waals surface area contributed by atoms with E-state index in [9.17, 15) is 9.18 Å². The molecule has 0 bridgehead atoms. The monoisotopic (exact) mass is 335 g/mol. The van der Waals surface area contributed by atoms with Crippen LogP contribution in [0.2, 0.25) is 0 Å². The van der Waals surface area contributed by atoms with Crippen molar-refractivity contribution in [2.45, 2.75) is 6.42 Å². The molecule has 0 saturated heterocycles. The summed E-state index contributed by atoms with van der Waals surface area (Å²) in [6, 6.07) is 13.4. The average molecular weight is 335 g/mol. The van der Waals surface area contributed by atoms with Gasteiger partial charge >= 0.3 is 6.03 Å². The number of urea groups is 1. The highest BCUT2D eigenvalue weighted by Crippen LogP contribution is 2.29. The van der Waals surface area contributed by atoms with Crippen LogP contribution < -0.4 is 10.2 Å². The minimum atomic E-state index is -0.691. The molecule has 2 heterocycles. The lowest BCUT2D eigenvalue weighted by Crippen LogP contribution is -2.33. The SMILES string of the molecule is [3H]c1c(F)cc(-c2cccnc2)cc1NC(=O)N1CCc2ccccc21. The summed E-state index contributed by atoms with van der Waals surface area (Å²) in [5.74, 6) is -0.691. The van der Waals surface area contributed by atoms with Gasteiger partial charge in [-0.15, -0.1) is 0 Å². The zero-order chi connectivity index (χ0) is 18.1. The molecule has 5 heteroatoms. The predicted molar refractivity (Wildman–Crippen MR) is 96.1 cm³/mol. The molecule has 25 heavy (non-hydrogen) atoms. The summed E-state index contributed by atoms with van der Waals surface area (Å²) in [6.45, 7) is 0.559. The largest absolute Gasteiger partial charge is 0.326 e. The molecule has 0 aliphatic carbocycles. The van der Waals surface area contributed by atoms with Crippen LogP contribution in [0.1, 0.15) is 6.93 Å². The second-order valence-corrected chi connectivity index (χ2v) is 5.83. The lowest BCUT2D eigenvalue weighted by atomic mass is 10.1. The van der Waals surface area contributed by atoms with Crippen molar-refractivity contribution in [2.75, 3.05) is 16.8 Å². The molecule has 1 aromatic heterocycles. The first-order valence-electron chi connectivity index (χ1n) is 8.50. The summed E-state index contributed by atoms with van der Waals surface area (Å²) in [5, 5.41) is 2.68. The third-order valence-corrected chi connectivity index (χ3v) is 4.20. The van der Waals surface area contributed by atoms with E-state index in [1.165, 1.54) is 6.07 Å². The Balaban J connectivity index is 1.64. The number of nitrogens with one attached hydrogen (secondary N) is 1. The zero-order valence-corrected chi connectivity index (χ0v) is 13.4. The Morgan fingerprint density at radius 1 is 1.20 bits per heavy atom. The topological polar surface area (TPSA) is 45.2 Å². The van der Waals surface area contributed by atoms with Crippen LogP contribution in [0, 0.1) is 5.82 Å². The first-order valence-corrected chi connectivity index (χ1v) is 8.00. The van der Waals surface area contributed by atoms with Crippen molar-refractivity contribution in [1.29, 1.82) is 0 Å². The van der Waals surface area contributed by atoms with Crippen LogP contribution in [0.4, 0.5) is 20.6 Å². The summed E-state index contributed by atoms with van der Waals surface area (Å²) < 4.78 is 22.2. The number of carbonyl (C=O) groups is 1. The molecule has 4 nitrogen and oxygen atoms in total. The number of amides is 2. The van der Waals surface area contributed by atoms with Gasteiger partial charge in [-0.05, 0) is 47.9 Å². The van der Waals surface area contributed by atoms with Crippen molar-refractivity contribution in [3.8, 4) is 11.1 Å². The molecule has 0 radical (unpaired) electrons. The molecule has 1 aliphatic heterocycles. The van der Waals surface area contributed by atoms with Crippen LogP contribution in [-0.2, 0) is 6.42 Å². The highest BCUT2D eigenvalue weighted by Gasteiger charge is 2.24. The van der Waals surface area contributed by atoms with Gasteiger partial charge in [-0.3, -0.25) is 9.88 Å². The van der Waals surface area contributed by atoms with Crippen LogP contribution in [0.3, 0.4) is 0 Å². The summed E-state index contributed by atoms with van der Waals surface area (Å²) in [7, 11) is 0. The molecule has 0 unspecified atom stereocenters. The minimum absolute atomic E-state index is 0.137. The predicted octanol–water partition coefficient (Wildman–Crippen LogP) is 4.48. The lowest BCUT2D eigenvalue weighted by molar-refractivity contribution is 0.257. The molecule has 4 rings (SSSR count). The molecule has 3 aromatic rings. The Labute approximate surface area is 146 Å². The van der Waals surface area contributed by atoms with Crippen LogP contribution in [-0.4, -0.2) is 17.6 Å². The first-order chi connectivity index (χ1) is 12.6. The van der Waals surface area contributed by atoms with Crippen molar-refractivity contribution in [3.05, 3.63) is 78.3 Å². The number of halogens is 1. The van der Waals surface area contributed by atoms with Gasteiger partial charge in [0.2, 0.25) is 0 Å². The molecule has 0 atom stereocenters. The smallest absolute Gasteiger partial charge is 0.307 e. The molecular weight excluding hydrogens is 317 g/mol. The molecule has 2 aromatic carbocycles. The van der Waals surface area contributed by atoms with Gasteiger partial charge < -0.3 is 5.32 Å². The second-order valence-electron chi connectivity index (χ2n) is 5.83. The van der Waals surface area contributed by atoms with Gasteiger partial charge in [-0.1, -0.05) is 24.3 Å². The average Bonchev–Trinajstić information content (AvgIpc) is 3.10. The maximum atomic E-state index is 14.2. The number of nitrogens with zero attached hydrogens (tertiary/aromatic N) is 2. The molecule has 0 fully saturated rings. The number of para-hydroxylation sites is 1. The van der Waals surface area contributed by atoms with Crippen molar-refractivity contribution in [2.24, 2.45) is 0 Å². The highest BCUT2D eigenvalue weighted by molar-refractivity contribution is 6.03. The number of pyridine rings is 1. The third kappa shape index (κ3) is 3.08. The number of fused-ring (bicyclic) bond motifs is 1. The van der Waals surface area contributed by atoms with E-state index in [0.29, 0.717) is 17.7 Å². The van der Waals surface area contributed by atoms with E-state index in [-0.39, 0.29) is 17.8 Å². The van der Waals surface area contributed by atoms with E-state index >= 15 is 0 Å². The standard InChI is InChI=1S/C20H16FN3O/c21-17-10-16(15-5-3-8-22-13-15)11-18(12-17)23-20(25)24-9-7-14-4-1-2-6-19(14)24/h1-6,8,10-13H,7,9H2,(H,23,25)/i12T. The number of rotatable bonds is 2. The number of hydrogen-bond donors (Lipinski definition) is 1. The Hall–Kier alpha value is -3.21. The van der Waals surface area contributed by atoms with Crippen LogP contribution >= 0.6 is 0 Å². The molecule has 2 amide bonds. The Bertz CT molecular complexity index is 978. The Morgan fingerprint density at radius 2 is 2.08 bits per heavy atom. The quantitative estimate of drug-likeness (QED) is 0.750. The Morgan fingerprint density at radius 3 is 2.92 bits per heavy atom. The second kappa shape index (κ2) is 6.36. The zero-order valence-electron chi connectivity index (χ0n) is 14.4. The van der Waals surface area contributed by atoms with Crippen molar-refractivity contribution < 1.29 is 10.6 Å². The van der Waals surface area contributed by atoms with Crippen molar-refractivity contribution in [1.82, 2.24) is 4.98 Å². The van der Waals surface area contributed by atoms with Gasteiger partial charge in [-0.2, -0.15) is 0 Å². The van der Waals surface area contributed by atoms with E-state index in [2.05, 4.69) is 10.3 Å². The molecule has 1 aliphatic rings. The number of aromatic nitrogens is 1. The van der Waals surface area contributed by atoms with Crippen LogP contribution in [0.5, 0.6) is 0 Å². The Kier molecular flexibility index (Phi) is 3.60. The third-order valence-electron chi connectivity index (χ3n) is 4.20. The van der Waals surface area contributed by atoms with E-state index in [1.54, 1.807) is 35.5 Å². The van der Waals surface area contributed by atoms with Crippen LogP contribution in [0.25, 0.3) is 11.1 Å². The lowest BCUT2D eigenvalue weighted by Gasteiger charge is -2.18. The van der Waals surface area contributed by atoms with Gasteiger partial charge in [0.25, 0.3) is 0 Å². The molecule has 0 spiro atoms. The van der Waals surface area contributed by atoms with Crippen LogP contribution in [0.15, 0.2) is 67.0 Å². The van der Waals surface area contributed by atoms with E-state index in [0.717, 1.165) is 17.7 Å². The van der Waals surface area contributed by atoms with Gasteiger partial charge in [0, 0.05) is 35.9 Å². The van der Waals surface area contributed by atoms with Gasteiger partial charge in [-0.25, -0.2) is 9.18 Å². The van der Waals surface area contributed by atoms with Crippen molar-refractivity contribution in [3.63, 3.8) is 0 Å². The molecule has 0 saturated carbocycles. The number of carbonyl (C=O) groups excluding carboxylic acids is 1. The number of anilines is 2. The highest BCUT2D eigenvalue weighted by atomic mass is 19.1. The normalized spacial score (nSPS) is 13.3.